The predicted octanol–water partition coefficient (Wildman–Crippen LogP) is 2.03. The Balaban J connectivity index is 2.24. The Labute approximate surface area is 74.8 Å². The van der Waals surface area contributed by atoms with Crippen molar-refractivity contribution in [1.82, 2.24) is 0 Å². The molecule has 0 N–H and O–H groups in total. The number of alkyl halides is 2. The number of hydrogen-bond donors (Lipinski definition) is 0. The second kappa shape index (κ2) is 2.05. The van der Waals surface area contributed by atoms with Crippen molar-refractivity contribution in [2.24, 2.45) is 0 Å². The van der Waals surface area contributed by atoms with Crippen LogP contribution in [0.3, 0.4) is 0 Å². The molecule has 0 radical (unpaired) electrons. The Kier molecular flexibility index (Phi) is 1.43. The zero-order valence-corrected chi connectivity index (χ0v) is 7.41. The van der Waals surface area contributed by atoms with E-state index in [1.807, 2.05) is 0 Å². The molecule has 11 heavy (non-hydrogen) atoms. The number of esters is 1. The molecule has 1 saturated heterocycles. The topological polar surface area (TPSA) is 26.3 Å². The highest BCUT2D eigenvalue weighted by Gasteiger charge is 2.68. The number of ether oxygens (including phenoxy) is 1. The largest absolute Gasteiger partial charge is 0.453 e. The molecule has 1 heterocycles. The van der Waals surface area contributed by atoms with Crippen LogP contribution in [-0.2, 0) is 9.53 Å². The lowest BCUT2D eigenvalue weighted by molar-refractivity contribution is -0.193. The van der Waals surface area contributed by atoms with Gasteiger partial charge < -0.3 is 4.74 Å². The van der Waals surface area contributed by atoms with Gasteiger partial charge in [-0.05, 0) is 25.7 Å². The first-order valence-corrected chi connectivity index (χ1v) is 4.45. The standard InChI is InChI=1S/C7H8Cl2O2/c8-7(9)5(10)11-6(7)3-1-2-4-6/h1-4H2. The Morgan fingerprint density at radius 1 is 1.27 bits per heavy atom. The van der Waals surface area contributed by atoms with Crippen molar-refractivity contribution in [3.8, 4) is 0 Å². The van der Waals surface area contributed by atoms with Crippen molar-refractivity contribution in [3.63, 3.8) is 0 Å². The summed E-state index contributed by atoms with van der Waals surface area (Å²) in [5, 5.41) is 0. The van der Waals surface area contributed by atoms with Gasteiger partial charge >= 0.3 is 5.97 Å². The Morgan fingerprint density at radius 2 is 1.82 bits per heavy atom. The Morgan fingerprint density at radius 3 is 2.18 bits per heavy atom. The third-order valence-electron chi connectivity index (χ3n) is 2.53. The average Bonchev–Trinajstić information content (AvgIpc) is 2.39. The van der Waals surface area contributed by atoms with Gasteiger partial charge in [-0.1, -0.05) is 23.2 Å². The van der Waals surface area contributed by atoms with Gasteiger partial charge in [-0.15, -0.1) is 0 Å². The molecule has 2 nitrogen and oxygen atoms in total. The van der Waals surface area contributed by atoms with Crippen LogP contribution in [-0.4, -0.2) is 15.9 Å². The van der Waals surface area contributed by atoms with Crippen LogP contribution < -0.4 is 0 Å². The molecule has 1 aliphatic heterocycles. The van der Waals surface area contributed by atoms with Gasteiger partial charge in [0.1, 0.15) is 0 Å². The molecule has 1 saturated carbocycles. The lowest BCUT2D eigenvalue weighted by Crippen LogP contribution is -2.64. The van der Waals surface area contributed by atoms with Crippen LogP contribution in [0.2, 0.25) is 0 Å². The molecule has 2 aliphatic rings. The third-order valence-corrected chi connectivity index (χ3v) is 3.53. The van der Waals surface area contributed by atoms with Crippen LogP contribution in [0.25, 0.3) is 0 Å². The molecule has 0 aromatic carbocycles. The molecule has 0 amide bonds. The minimum absolute atomic E-state index is 0.484. The smallest absolute Gasteiger partial charge is 0.347 e. The summed E-state index contributed by atoms with van der Waals surface area (Å²) in [6.07, 6.45) is 3.72. The average molecular weight is 195 g/mol. The van der Waals surface area contributed by atoms with Gasteiger partial charge in [0.15, 0.2) is 5.60 Å². The first-order valence-electron chi connectivity index (χ1n) is 3.70. The van der Waals surface area contributed by atoms with E-state index in [9.17, 15) is 4.79 Å². The summed E-state index contributed by atoms with van der Waals surface area (Å²) in [5.41, 5.74) is -0.535. The second-order valence-corrected chi connectivity index (χ2v) is 4.49. The maximum absolute atomic E-state index is 10.8. The van der Waals surface area contributed by atoms with Gasteiger partial charge in [0, 0.05) is 0 Å². The van der Waals surface area contributed by atoms with E-state index in [4.69, 9.17) is 27.9 Å². The van der Waals surface area contributed by atoms with E-state index in [0.717, 1.165) is 25.7 Å². The maximum Gasteiger partial charge on any atom is 0.347 e. The molecule has 4 heteroatoms. The highest BCUT2D eigenvalue weighted by Crippen LogP contribution is 2.55. The summed E-state index contributed by atoms with van der Waals surface area (Å²) in [6.45, 7) is 0. The first-order chi connectivity index (χ1) is 5.08. The summed E-state index contributed by atoms with van der Waals surface area (Å²) in [7, 11) is 0. The summed E-state index contributed by atoms with van der Waals surface area (Å²) < 4.78 is 3.74. The fraction of sp³-hybridized carbons (Fsp3) is 0.857. The molecule has 0 bridgehead atoms. The summed E-state index contributed by atoms with van der Waals surface area (Å²) in [6, 6.07) is 0. The van der Waals surface area contributed by atoms with E-state index in [0.29, 0.717) is 0 Å². The molecule has 0 atom stereocenters. The van der Waals surface area contributed by atoms with E-state index in [-0.39, 0.29) is 0 Å². The van der Waals surface area contributed by atoms with Crippen LogP contribution in [0.15, 0.2) is 0 Å². The quantitative estimate of drug-likeness (QED) is 0.436. The molecule has 2 rings (SSSR count). The number of halogens is 2. The molecule has 0 aromatic heterocycles. The number of hydrogen-bond acceptors (Lipinski definition) is 2. The van der Waals surface area contributed by atoms with E-state index >= 15 is 0 Å². The molecule has 0 aromatic rings. The van der Waals surface area contributed by atoms with Crippen molar-refractivity contribution in [1.29, 1.82) is 0 Å². The van der Waals surface area contributed by atoms with Gasteiger partial charge in [-0.2, -0.15) is 0 Å². The zero-order valence-electron chi connectivity index (χ0n) is 5.90. The molecular weight excluding hydrogens is 187 g/mol. The van der Waals surface area contributed by atoms with Crippen molar-refractivity contribution in [2.45, 2.75) is 35.6 Å². The highest BCUT2D eigenvalue weighted by molar-refractivity contribution is 6.60. The number of carbonyl (C=O) groups is 1. The lowest BCUT2D eigenvalue weighted by atomic mass is 9.91. The number of carbonyl (C=O) groups excluding carboxylic acids is 1. The Hall–Kier alpha value is 0.0500. The second-order valence-electron chi connectivity index (χ2n) is 3.17. The van der Waals surface area contributed by atoms with Gasteiger partial charge in [0.05, 0.1) is 0 Å². The minimum Gasteiger partial charge on any atom is -0.453 e. The van der Waals surface area contributed by atoms with Crippen molar-refractivity contribution in [2.75, 3.05) is 0 Å². The molecule has 62 valence electrons. The fourth-order valence-electron chi connectivity index (χ4n) is 1.81. The fourth-order valence-corrected chi connectivity index (χ4v) is 2.34. The number of rotatable bonds is 0. The van der Waals surface area contributed by atoms with Crippen LogP contribution >= 0.6 is 23.2 Å². The normalized spacial score (nSPS) is 31.6. The van der Waals surface area contributed by atoms with Gasteiger partial charge in [-0.25, -0.2) is 4.79 Å². The summed E-state index contributed by atoms with van der Waals surface area (Å²) >= 11 is 11.6. The van der Waals surface area contributed by atoms with Crippen LogP contribution in [0.5, 0.6) is 0 Å². The van der Waals surface area contributed by atoms with Crippen molar-refractivity contribution < 1.29 is 9.53 Å². The van der Waals surface area contributed by atoms with Crippen LogP contribution in [0.1, 0.15) is 25.7 Å². The third kappa shape index (κ3) is 0.772. The highest BCUT2D eigenvalue weighted by atomic mass is 35.5. The van der Waals surface area contributed by atoms with Gasteiger partial charge in [0.25, 0.3) is 4.33 Å². The first kappa shape index (κ1) is 7.69. The molecule has 1 spiro atoms. The predicted molar refractivity (Wildman–Crippen MR) is 41.7 cm³/mol. The summed E-state index contributed by atoms with van der Waals surface area (Å²) in [4.78, 5) is 10.8. The van der Waals surface area contributed by atoms with Crippen LogP contribution in [0.4, 0.5) is 0 Å². The zero-order chi connectivity index (χ0) is 8.11. The van der Waals surface area contributed by atoms with E-state index in [1.54, 1.807) is 0 Å². The molecule has 0 unspecified atom stereocenters. The van der Waals surface area contributed by atoms with Crippen molar-refractivity contribution >= 4 is 29.2 Å². The van der Waals surface area contributed by atoms with E-state index in [2.05, 4.69) is 0 Å². The molecular formula is C7H8Cl2O2. The lowest BCUT2D eigenvalue weighted by Gasteiger charge is -2.47. The van der Waals surface area contributed by atoms with Crippen LogP contribution in [0, 0.1) is 0 Å². The molecule has 1 aliphatic carbocycles. The van der Waals surface area contributed by atoms with Crippen molar-refractivity contribution in [3.05, 3.63) is 0 Å². The van der Waals surface area contributed by atoms with E-state index < -0.39 is 15.9 Å². The van der Waals surface area contributed by atoms with Gasteiger partial charge in [0.2, 0.25) is 0 Å². The Bertz CT molecular complexity index is 206. The minimum atomic E-state index is -1.26. The summed E-state index contributed by atoms with van der Waals surface area (Å²) in [5.74, 6) is -0.484. The SMILES string of the molecule is O=C1OC2(CCCC2)C1(Cl)Cl. The maximum atomic E-state index is 10.8. The monoisotopic (exact) mass is 194 g/mol. The molecule has 2 fully saturated rings. The van der Waals surface area contributed by atoms with Gasteiger partial charge in [-0.3, -0.25) is 0 Å². The van der Waals surface area contributed by atoms with E-state index in [1.165, 1.54) is 0 Å².